The van der Waals surface area contributed by atoms with E-state index < -0.39 is 0 Å². The van der Waals surface area contributed by atoms with Crippen molar-refractivity contribution in [1.82, 2.24) is 15.6 Å². The summed E-state index contributed by atoms with van der Waals surface area (Å²) in [6.45, 7) is 4.07. The molecule has 0 radical (unpaired) electrons. The van der Waals surface area contributed by atoms with E-state index in [9.17, 15) is 9.90 Å². The van der Waals surface area contributed by atoms with Crippen molar-refractivity contribution >= 4 is 17.3 Å². The highest BCUT2D eigenvalue weighted by Gasteiger charge is 2.03. The van der Waals surface area contributed by atoms with Crippen LogP contribution < -0.4 is 10.6 Å². The number of carbonyl (C=O) groups is 1. The molecule has 2 rings (SSSR count). The number of likely N-dealkylation sites (N-methyl/N-ethyl adjacent to an activating group) is 1. The van der Waals surface area contributed by atoms with Crippen LogP contribution in [0.2, 0.25) is 0 Å². The number of carbonyl (C=O) groups excluding carboxylic acids is 1. The lowest BCUT2D eigenvalue weighted by Crippen LogP contribution is -2.11. The highest BCUT2D eigenvalue weighted by molar-refractivity contribution is 5.84. The lowest BCUT2D eigenvalue weighted by molar-refractivity contribution is -0.109. The summed E-state index contributed by atoms with van der Waals surface area (Å²) in [4.78, 5) is 13.2. The molecule has 188 valence electrons. The van der Waals surface area contributed by atoms with Crippen molar-refractivity contribution in [3.8, 4) is 5.75 Å². The second-order valence-electron chi connectivity index (χ2n) is 9.07. The van der Waals surface area contributed by atoms with Gasteiger partial charge in [0.05, 0.1) is 0 Å². The number of H-pyrrole nitrogens is 1. The third-order valence-electron chi connectivity index (χ3n) is 6.15. The van der Waals surface area contributed by atoms with Crippen LogP contribution in [0.25, 0.3) is 10.9 Å². The number of aromatic nitrogens is 1. The van der Waals surface area contributed by atoms with Crippen molar-refractivity contribution in [2.24, 2.45) is 0 Å². The first kappa shape index (κ1) is 29.0. The summed E-state index contributed by atoms with van der Waals surface area (Å²) < 4.78 is 0. The predicted molar refractivity (Wildman–Crippen MR) is 142 cm³/mol. The Kier molecular flexibility index (Phi) is 18.1. The van der Waals surface area contributed by atoms with E-state index in [2.05, 4.69) is 22.5 Å². The number of nitrogens with one attached hydrogen (secondary N) is 3. The number of aromatic hydroxyl groups is 1. The minimum Gasteiger partial charge on any atom is -0.508 e. The monoisotopic (exact) mass is 459 g/mol. The van der Waals surface area contributed by atoms with Crippen LogP contribution in [0.1, 0.15) is 102 Å². The number of aromatic amines is 1. The van der Waals surface area contributed by atoms with Gasteiger partial charge in [0.25, 0.3) is 0 Å². The maximum Gasteiger partial charge on any atom is 0.207 e. The third kappa shape index (κ3) is 14.7. The van der Waals surface area contributed by atoms with Crippen LogP contribution in [-0.2, 0) is 11.2 Å². The average molecular weight is 460 g/mol. The van der Waals surface area contributed by atoms with Crippen LogP contribution in [0.15, 0.2) is 24.4 Å². The van der Waals surface area contributed by atoms with Gasteiger partial charge >= 0.3 is 0 Å². The Morgan fingerprint density at radius 3 is 1.97 bits per heavy atom. The van der Waals surface area contributed by atoms with Crippen LogP contribution >= 0.6 is 0 Å². The van der Waals surface area contributed by atoms with Gasteiger partial charge in [-0.1, -0.05) is 90.4 Å². The Bertz CT molecular complexity index is 714. The molecular formula is C28H49N3O2. The second-order valence-corrected chi connectivity index (χ2v) is 9.07. The molecule has 0 bridgehead atoms. The summed E-state index contributed by atoms with van der Waals surface area (Å²) >= 11 is 0. The molecule has 5 nitrogen and oxygen atoms in total. The number of amides is 1. The zero-order valence-corrected chi connectivity index (χ0v) is 21.3. The molecule has 5 heteroatoms. The summed E-state index contributed by atoms with van der Waals surface area (Å²) in [6.07, 6.45) is 23.1. The predicted octanol–water partition coefficient (Wildman–Crippen LogP) is 6.85. The molecule has 0 spiro atoms. The van der Waals surface area contributed by atoms with Crippen LogP contribution in [0.3, 0.4) is 0 Å². The van der Waals surface area contributed by atoms with Gasteiger partial charge in [0.15, 0.2) is 0 Å². The van der Waals surface area contributed by atoms with Crippen LogP contribution in [0.5, 0.6) is 5.75 Å². The Balaban J connectivity index is 0.000000342. The van der Waals surface area contributed by atoms with E-state index >= 15 is 0 Å². The summed E-state index contributed by atoms with van der Waals surface area (Å²) in [5.74, 6) is 0.322. The molecule has 1 heterocycles. The van der Waals surface area contributed by atoms with Crippen molar-refractivity contribution in [1.29, 1.82) is 0 Å². The molecule has 33 heavy (non-hydrogen) atoms. The quantitative estimate of drug-likeness (QED) is 0.137. The van der Waals surface area contributed by atoms with Crippen LogP contribution in [-0.4, -0.2) is 36.6 Å². The number of hydrogen-bond donors (Lipinski definition) is 4. The van der Waals surface area contributed by atoms with Crippen LogP contribution in [0, 0.1) is 0 Å². The maximum absolute atomic E-state index is 10.0. The minimum atomic E-state index is 0.322. The maximum atomic E-state index is 10.0. The van der Waals surface area contributed by atoms with Gasteiger partial charge < -0.3 is 20.7 Å². The van der Waals surface area contributed by atoms with E-state index in [1.54, 1.807) is 12.1 Å². The molecule has 0 aliphatic heterocycles. The molecule has 2 aromatic rings. The number of hydrogen-bond acceptors (Lipinski definition) is 3. The first-order valence-electron chi connectivity index (χ1n) is 13.3. The number of benzene rings is 1. The molecular weight excluding hydrogens is 410 g/mol. The average Bonchev–Trinajstić information content (AvgIpc) is 3.22. The Morgan fingerprint density at radius 1 is 0.848 bits per heavy atom. The van der Waals surface area contributed by atoms with Gasteiger partial charge in [0.1, 0.15) is 5.75 Å². The van der Waals surface area contributed by atoms with E-state index in [0.717, 1.165) is 43.2 Å². The first-order valence-corrected chi connectivity index (χ1v) is 13.3. The summed E-state index contributed by atoms with van der Waals surface area (Å²) in [5, 5.41) is 16.3. The summed E-state index contributed by atoms with van der Waals surface area (Å²) in [6, 6.07) is 5.39. The fourth-order valence-electron chi connectivity index (χ4n) is 4.11. The molecule has 0 saturated carbocycles. The number of fused-ring (bicyclic) bond motifs is 1. The SMILES string of the molecule is CCCCCCCCCCCCCCCCNC=O.CNCCc1c[nH]c2ccc(O)cc12. The van der Waals surface area contributed by atoms with Gasteiger partial charge in [-0.3, -0.25) is 4.79 Å². The highest BCUT2D eigenvalue weighted by Crippen LogP contribution is 2.23. The number of phenolic OH excluding ortho intramolecular Hbond substituents is 1. The summed E-state index contributed by atoms with van der Waals surface area (Å²) in [7, 11) is 1.94. The van der Waals surface area contributed by atoms with E-state index in [-0.39, 0.29) is 0 Å². The molecule has 0 aliphatic rings. The largest absolute Gasteiger partial charge is 0.508 e. The van der Waals surface area contributed by atoms with Crippen molar-refractivity contribution in [2.75, 3.05) is 20.1 Å². The van der Waals surface area contributed by atoms with E-state index in [1.807, 2.05) is 19.3 Å². The van der Waals surface area contributed by atoms with Crippen molar-refractivity contribution in [2.45, 2.75) is 103 Å². The van der Waals surface area contributed by atoms with Crippen molar-refractivity contribution < 1.29 is 9.90 Å². The molecule has 0 fully saturated rings. The smallest absolute Gasteiger partial charge is 0.207 e. The zero-order chi connectivity index (χ0) is 24.0. The van der Waals surface area contributed by atoms with Gasteiger partial charge in [0.2, 0.25) is 6.41 Å². The molecule has 0 saturated heterocycles. The fourth-order valence-corrected chi connectivity index (χ4v) is 4.11. The van der Waals surface area contributed by atoms with Gasteiger partial charge in [0, 0.05) is 23.6 Å². The minimum absolute atomic E-state index is 0.322. The van der Waals surface area contributed by atoms with Gasteiger partial charge in [-0.15, -0.1) is 0 Å². The second kappa shape index (κ2) is 20.6. The lowest BCUT2D eigenvalue weighted by Gasteiger charge is -2.03. The molecule has 0 unspecified atom stereocenters. The van der Waals surface area contributed by atoms with Crippen molar-refractivity contribution in [3.63, 3.8) is 0 Å². The first-order chi connectivity index (χ1) is 16.2. The summed E-state index contributed by atoms with van der Waals surface area (Å²) in [5.41, 5.74) is 2.32. The lowest BCUT2D eigenvalue weighted by atomic mass is 10.0. The van der Waals surface area contributed by atoms with Crippen molar-refractivity contribution in [3.05, 3.63) is 30.0 Å². The molecule has 1 aromatic carbocycles. The topological polar surface area (TPSA) is 77.2 Å². The van der Waals surface area contributed by atoms with E-state index in [0.29, 0.717) is 5.75 Å². The normalized spacial score (nSPS) is 10.7. The standard InChI is InChI=1S/C17H35NO.C11H14N2O/c1-2-3-4-5-6-7-8-9-10-11-12-13-14-15-16-18-17-19;1-12-5-4-8-7-13-11-3-2-9(14)6-10(8)11/h17H,2-16H2,1H3,(H,18,19);2-3,6-7,12-14H,4-5H2,1H3. The van der Waals surface area contributed by atoms with Crippen LogP contribution in [0.4, 0.5) is 0 Å². The zero-order valence-electron chi connectivity index (χ0n) is 21.3. The Hall–Kier alpha value is -2.01. The number of rotatable bonds is 19. The number of unbranched alkanes of at least 4 members (excludes halogenated alkanes) is 13. The third-order valence-corrected chi connectivity index (χ3v) is 6.15. The Labute approximate surface area is 202 Å². The fraction of sp³-hybridized carbons (Fsp3) is 0.679. The molecule has 0 aliphatic carbocycles. The molecule has 1 aromatic heterocycles. The van der Waals surface area contributed by atoms with Gasteiger partial charge in [-0.05, 0) is 50.2 Å². The number of phenols is 1. The van der Waals surface area contributed by atoms with Gasteiger partial charge in [-0.2, -0.15) is 0 Å². The van der Waals surface area contributed by atoms with Gasteiger partial charge in [-0.25, -0.2) is 0 Å². The molecule has 1 amide bonds. The van der Waals surface area contributed by atoms with E-state index in [4.69, 9.17) is 0 Å². The molecule has 0 atom stereocenters. The van der Waals surface area contributed by atoms with E-state index in [1.165, 1.54) is 89.0 Å². The highest BCUT2D eigenvalue weighted by atomic mass is 16.3. The Morgan fingerprint density at radius 2 is 1.42 bits per heavy atom. The molecule has 4 N–H and O–H groups in total.